The van der Waals surface area contributed by atoms with E-state index in [0.29, 0.717) is 12.4 Å². The van der Waals surface area contributed by atoms with Gasteiger partial charge in [-0.15, -0.1) is 0 Å². The Morgan fingerprint density at radius 2 is 2.00 bits per heavy atom. The molecule has 0 bridgehead atoms. The van der Waals surface area contributed by atoms with Crippen LogP contribution in [-0.2, 0) is 11.3 Å². The molecule has 3 aromatic rings. The molecular formula is C19H18BrN3O3. The summed E-state index contributed by atoms with van der Waals surface area (Å²) in [5.41, 5.74) is 1.69. The third kappa shape index (κ3) is 4.11. The fraction of sp³-hybridized carbons (Fsp3) is 0.211. The van der Waals surface area contributed by atoms with Crippen molar-refractivity contribution in [2.45, 2.75) is 6.54 Å². The Balaban J connectivity index is 1.68. The number of hydrogen-bond acceptors (Lipinski definition) is 5. The summed E-state index contributed by atoms with van der Waals surface area (Å²) in [4.78, 5) is 22.4. The molecule has 1 amide bonds. The standard InChI is InChI=1S/C19H18BrN3O3/c1-23(10-13-5-3-4-6-17(13)25-2)18(24)11-26-19-15-9-14(20)7-8-16(15)21-12-22-19/h3-9,12H,10-11H2,1-2H3. The van der Waals surface area contributed by atoms with E-state index in [2.05, 4.69) is 25.9 Å². The number of carbonyl (C=O) groups excluding carboxylic acids is 1. The highest BCUT2D eigenvalue weighted by atomic mass is 79.9. The van der Waals surface area contributed by atoms with E-state index in [1.54, 1.807) is 19.1 Å². The Morgan fingerprint density at radius 3 is 2.81 bits per heavy atom. The van der Waals surface area contributed by atoms with Crippen LogP contribution in [0.1, 0.15) is 5.56 Å². The average Bonchev–Trinajstić information content (AvgIpc) is 2.66. The van der Waals surface area contributed by atoms with Crippen LogP contribution in [-0.4, -0.2) is 41.5 Å². The van der Waals surface area contributed by atoms with Gasteiger partial charge in [0.2, 0.25) is 5.88 Å². The SMILES string of the molecule is COc1ccccc1CN(C)C(=O)COc1ncnc2ccc(Br)cc12. The molecule has 0 aliphatic carbocycles. The van der Waals surface area contributed by atoms with E-state index < -0.39 is 0 Å². The fourth-order valence-corrected chi connectivity index (χ4v) is 2.90. The second kappa shape index (κ2) is 8.14. The minimum absolute atomic E-state index is 0.107. The van der Waals surface area contributed by atoms with E-state index in [9.17, 15) is 4.79 Å². The monoisotopic (exact) mass is 415 g/mol. The maximum absolute atomic E-state index is 12.4. The number of amides is 1. The molecule has 0 N–H and O–H groups in total. The summed E-state index contributed by atoms with van der Waals surface area (Å²) in [5, 5.41) is 0.752. The predicted molar refractivity (Wildman–Crippen MR) is 102 cm³/mol. The second-order valence-corrected chi connectivity index (χ2v) is 6.61. The number of hydrogen-bond donors (Lipinski definition) is 0. The van der Waals surface area contributed by atoms with Crippen molar-refractivity contribution < 1.29 is 14.3 Å². The van der Waals surface area contributed by atoms with Crippen molar-refractivity contribution in [2.75, 3.05) is 20.8 Å². The first-order valence-electron chi connectivity index (χ1n) is 7.97. The number of ether oxygens (including phenoxy) is 2. The van der Waals surface area contributed by atoms with Gasteiger partial charge in [0, 0.05) is 23.6 Å². The van der Waals surface area contributed by atoms with Gasteiger partial charge in [0.05, 0.1) is 18.0 Å². The van der Waals surface area contributed by atoms with Gasteiger partial charge in [-0.05, 0) is 24.3 Å². The van der Waals surface area contributed by atoms with Crippen molar-refractivity contribution in [3.8, 4) is 11.6 Å². The third-order valence-electron chi connectivity index (χ3n) is 3.92. The Hall–Kier alpha value is -2.67. The van der Waals surface area contributed by atoms with Crippen LogP contribution in [0.15, 0.2) is 53.3 Å². The largest absolute Gasteiger partial charge is 0.496 e. The van der Waals surface area contributed by atoms with E-state index in [-0.39, 0.29) is 12.5 Å². The molecule has 7 heteroatoms. The van der Waals surface area contributed by atoms with Gasteiger partial charge in [0.25, 0.3) is 5.91 Å². The third-order valence-corrected chi connectivity index (χ3v) is 4.41. The van der Waals surface area contributed by atoms with Crippen molar-refractivity contribution in [2.24, 2.45) is 0 Å². The van der Waals surface area contributed by atoms with Crippen molar-refractivity contribution in [1.82, 2.24) is 14.9 Å². The van der Waals surface area contributed by atoms with Crippen LogP contribution in [0.4, 0.5) is 0 Å². The van der Waals surface area contributed by atoms with Crippen LogP contribution in [0.2, 0.25) is 0 Å². The van der Waals surface area contributed by atoms with Crippen LogP contribution < -0.4 is 9.47 Å². The molecule has 0 aliphatic rings. The highest BCUT2D eigenvalue weighted by Gasteiger charge is 2.14. The second-order valence-electron chi connectivity index (χ2n) is 5.69. The number of rotatable bonds is 6. The molecule has 134 valence electrons. The van der Waals surface area contributed by atoms with E-state index in [1.807, 2.05) is 42.5 Å². The van der Waals surface area contributed by atoms with Crippen LogP contribution in [0, 0.1) is 0 Å². The first kappa shape index (κ1) is 18.1. The predicted octanol–water partition coefficient (Wildman–Crippen LogP) is 3.44. The smallest absolute Gasteiger partial charge is 0.260 e. The lowest BCUT2D eigenvalue weighted by Gasteiger charge is -2.19. The van der Waals surface area contributed by atoms with Crippen molar-refractivity contribution >= 4 is 32.7 Å². The van der Waals surface area contributed by atoms with Gasteiger partial charge in [-0.25, -0.2) is 9.97 Å². The zero-order chi connectivity index (χ0) is 18.5. The van der Waals surface area contributed by atoms with Gasteiger partial charge in [0.15, 0.2) is 6.61 Å². The molecule has 2 aromatic carbocycles. The maximum Gasteiger partial charge on any atom is 0.260 e. The van der Waals surface area contributed by atoms with E-state index in [0.717, 1.165) is 26.7 Å². The van der Waals surface area contributed by atoms with Crippen molar-refractivity contribution in [1.29, 1.82) is 0 Å². The Bertz CT molecular complexity index is 933. The summed E-state index contributed by atoms with van der Waals surface area (Å²) in [6.45, 7) is 0.326. The first-order chi connectivity index (χ1) is 12.6. The minimum atomic E-state index is -0.155. The Morgan fingerprint density at radius 1 is 1.19 bits per heavy atom. The Kier molecular flexibility index (Phi) is 5.68. The maximum atomic E-state index is 12.4. The molecule has 0 radical (unpaired) electrons. The van der Waals surface area contributed by atoms with Gasteiger partial charge in [-0.3, -0.25) is 4.79 Å². The lowest BCUT2D eigenvalue weighted by atomic mass is 10.2. The number of halogens is 1. The van der Waals surface area contributed by atoms with Crippen LogP contribution in [0.5, 0.6) is 11.6 Å². The van der Waals surface area contributed by atoms with Crippen LogP contribution in [0.25, 0.3) is 10.9 Å². The molecule has 1 heterocycles. The van der Waals surface area contributed by atoms with Gasteiger partial charge in [-0.1, -0.05) is 34.1 Å². The molecule has 1 aromatic heterocycles. The lowest BCUT2D eigenvalue weighted by molar-refractivity contribution is -0.132. The van der Waals surface area contributed by atoms with Gasteiger partial charge < -0.3 is 14.4 Å². The lowest BCUT2D eigenvalue weighted by Crippen LogP contribution is -2.31. The Labute approximate surface area is 159 Å². The molecular weight excluding hydrogens is 398 g/mol. The molecule has 0 fully saturated rings. The summed E-state index contributed by atoms with van der Waals surface area (Å²) in [6.07, 6.45) is 1.43. The molecule has 26 heavy (non-hydrogen) atoms. The molecule has 0 aliphatic heterocycles. The zero-order valence-electron chi connectivity index (χ0n) is 14.5. The number of nitrogens with zero attached hydrogens (tertiary/aromatic N) is 3. The minimum Gasteiger partial charge on any atom is -0.496 e. The van der Waals surface area contributed by atoms with Gasteiger partial charge in [0.1, 0.15) is 12.1 Å². The van der Waals surface area contributed by atoms with E-state index in [4.69, 9.17) is 9.47 Å². The number of aromatic nitrogens is 2. The quantitative estimate of drug-likeness (QED) is 0.616. The highest BCUT2D eigenvalue weighted by molar-refractivity contribution is 9.10. The fourth-order valence-electron chi connectivity index (χ4n) is 2.54. The topological polar surface area (TPSA) is 64.5 Å². The molecule has 0 spiro atoms. The summed E-state index contributed by atoms with van der Waals surface area (Å²) in [6, 6.07) is 13.2. The summed E-state index contributed by atoms with van der Waals surface area (Å²) < 4.78 is 11.9. The molecule has 6 nitrogen and oxygen atoms in total. The summed E-state index contributed by atoms with van der Waals surface area (Å²) in [5.74, 6) is 0.979. The van der Waals surface area contributed by atoms with E-state index in [1.165, 1.54) is 6.33 Å². The van der Waals surface area contributed by atoms with E-state index >= 15 is 0 Å². The molecule has 0 unspecified atom stereocenters. The van der Waals surface area contributed by atoms with Crippen LogP contribution >= 0.6 is 15.9 Å². The highest BCUT2D eigenvalue weighted by Crippen LogP contribution is 2.25. The van der Waals surface area contributed by atoms with Crippen LogP contribution in [0.3, 0.4) is 0 Å². The molecule has 0 atom stereocenters. The number of likely N-dealkylation sites (N-methyl/N-ethyl adjacent to an activating group) is 1. The molecule has 3 rings (SSSR count). The van der Waals surface area contributed by atoms with Gasteiger partial charge >= 0.3 is 0 Å². The number of methoxy groups -OCH3 is 1. The summed E-state index contributed by atoms with van der Waals surface area (Å²) >= 11 is 3.42. The number of carbonyl (C=O) groups is 1. The number of benzene rings is 2. The van der Waals surface area contributed by atoms with Crippen molar-refractivity contribution in [3.63, 3.8) is 0 Å². The normalized spacial score (nSPS) is 10.6. The number of para-hydroxylation sites is 1. The van der Waals surface area contributed by atoms with Gasteiger partial charge in [-0.2, -0.15) is 0 Å². The van der Waals surface area contributed by atoms with Crippen molar-refractivity contribution in [3.05, 3.63) is 58.8 Å². The first-order valence-corrected chi connectivity index (χ1v) is 8.76. The number of fused-ring (bicyclic) bond motifs is 1. The zero-order valence-corrected chi connectivity index (χ0v) is 16.1. The molecule has 0 saturated carbocycles. The average molecular weight is 416 g/mol. The summed E-state index contributed by atoms with van der Waals surface area (Å²) in [7, 11) is 3.34. The molecule has 0 saturated heterocycles.